The van der Waals surface area contributed by atoms with Gasteiger partial charge in [0.15, 0.2) is 0 Å². The van der Waals surface area contributed by atoms with Gasteiger partial charge in [-0.2, -0.15) is 0 Å². The molecule has 0 aromatic carbocycles. The molecule has 0 rings (SSSR count). The summed E-state index contributed by atoms with van der Waals surface area (Å²) in [7, 11) is 0. The molecular formula is C3H8Pt. The van der Waals surface area contributed by atoms with Crippen LogP contribution in [0.25, 0.3) is 0 Å². The molecule has 0 fully saturated rings. The average Bonchev–Trinajstić information content (AvgIpc) is 0.918. The maximum Gasteiger partial charge on any atom is 0 e. The van der Waals surface area contributed by atoms with Gasteiger partial charge in [0, 0.05) is 21.1 Å². The molecule has 0 aliphatic rings. The van der Waals surface area contributed by atoms with Gasteiger partial charge in [0.1, 0.15) is 0 Å². The molecule has 0 radical (unpaired) electrons. The van der Waals surface area contributed by atoms with Crippen LogP contribution in [0, 0.1) is 0 Å². The summed E-state index contributed by atoms with van der Waals surface area (Å²) in [5.74, 6) is 0. The molecule has 0 heterocycles. The molecule has 0 aliphatic carbocycles. The smallest absolute Gasteiger partial charge is 0 e. The average molecular weight is 239 g/mol. The summed E-state index contributed by atoms with van der Waals surface area (Å²) >= 11 is 0. The molecule has 0 spiro atoms. The summed E-state index contributed by atoms with van der Waals surface area (Å²) in [4.78, 5) is 0. The molecule has 0 aromatic heterocycles. The van der Waals surface area contributed by atoms with Crippen molar-refractivity contribution >= 4 is 0 Å². The Kier molecular flexibility index (Phi) is 20.6. The first-order valence-corrected chi connectivity index (χ1v) is 1.41. The number of hydrogen-bond donors (Lipinski definition) is 0. The van der Waals surface area contributed by atoms with Gasteiger partial charge < -0.3 is 0 Å². The first-order valence-electron chi connectivity index (χ1n) is 1.41. The van der Waals surface area contributed by atoms with Crippen LogP contribution in [0.15, 0.2) is 0 Å². The third-order valence-electron chi connectivity index (χ3n) is 0. The molecular weight excluding hydrogens is 231 g/mol. The Morgan fingerprint density at radius 2 is 1.25 bits per heavy atom. The van der Waals surface area contributed by atoms with E-state index in [4.69, 9.17) is 0 Å². The predicted octanol–water partition coefficient (Wildman–Crippen LogP) is 1.41. The number of hydrogen-bond acceptors (Lipinski definition) is 0. The quantitative estimate of drug-likeness (QED) is 0.599. The van der Waals surface area contributed by atoms with Crippen LogP contribution in [0.1, 0.15) is 20.3 Å². The summed E-state index contributed by atoms with van der Waals surface area (Å²) in [6.07, 6.45) is 1.25. The van der Waals surface area contributed by atoms with Gasteiger partial charge in [-0.05, 0) is 0 Å². The van der Waals surface area contributed by atoms with E-state index in [0.29, 0.717) is 0 Å². The van der Waals surface area contributed by atoms with Gasteiger partial charge >= 0.3 is 0 Å². The van der Waals surface area contributed by atoms with Crippen molar-refractivity contribution in [1.82, 2.24) is 0 Å². The molecule has 0 amide bonds. The molecule has 0 N–H and O–H groups in total. The van der Waals surface area contributed by atoms with Crippen molar-refractivity contribution in [3.8, 4) is 0 Å². The van der Waals surface area contributed by atoms with E-state index in [1.165, 1.54) is 6.42 Å². The topological polar surface area (TPSA) is 0 Å². The maximum absolute atomic E-state index is 2.12. The van der Waals surface area contributed by atoms with E-state index in [9.17, 15) is 0 Å². The summed E-state index contributed by atoms with van der Waals surface area (Å²) in [5, 5.41) is 0. The van der Waals surface area contributed by atoms with Gasteiger partial charge in [-0.3, -0.25) is 0 Å². The van der Waals surface area contributed by atoms with E-state index in [0.717, 1.165) is 0 Å². The normalized spacial score (nSPS) is 4.50. The molecule has 0 saturated carbocycles. The van der Waals surface area contributed by atoms with E-state index < -0.39 is 0 Å². The van der Waals surface area contributed by atoms with Gasteiger partial charge in [0.2, 0.25) is 0 Å². The fourth-order valence-corrected chi connectivity index (χ4v) is 0. The summed E-state index contributed by atoms with van der Waals surface area (Å²) in [6.45, 7) is 4.25. The molecule has 0 saturated heterocycles. The fraction of sp³-hybridized carbons (Fsp3) is 1.00. The van der Waals surface area contributed by atoms with Crippen LogP contribution in [-0.4, -0.2) is 0 Å². The second-order valence-corrected chi connectivity index (χ2v) is 0.707. The molecule has 0 aromatic rings. The maximum atomic E-state index is 2.12. The van der Waals surface area contributed by atoms with Crippen molar-refractivity contribution in [2.24, 2.45) is 0 Å². The first kappa shape index (κ1) is 8.82. The minimum Gasteiger partial charge on any atom is -0.0656 e. The van der Waals surface area contributed by atoms with E-state index in [-0.39, 0.29) is 21.1 Å². The Morgan fingerprint density at radius 1 is 1.25 bits per heavy atom. The second-order valence-electron chi connectivity index (χ2n) is 0.707. The Bertz CT molecular complexity index is 3.25. The van der Waals surface area contributed by atoms with Gasteiger partial charge in [-0.25, -0.2) is 0 Å². The van der Waals surface area contributed by atoms with Crippen molar-refractivity contribution in [3.05, 3.63) is 0 Å². The van der Waals surface area contributed by atoms with Crippen LogP contribution in [0.4, 0.5) is 0 Å². The first-order chi connectivity index (χ1) is 1.41. The monoisotopic (exact) mass is 239 g/mol. The minimum atomic E-state index is 0. The molecule has 0 unspecified atom stereocenters. The van der Waals surface area contributed by atoms with Crippen LogP contribution in [-0.2, 0) is 21.1 Å². The third-order valence-corrected chi connectivity index (χ3v) is 0. The summed E-state index contributed by atoms with van der Waals surface area (Å²) in [5.41, 5.74) is 0. The molecule has 30 valence electrons. The van der Waals surface area contributed by atoms with Crippen molar-refractivity contribution in [3.63, 3.8) is 0 Å². The van der Waals surface area contributed by atoms with E-state index in [1.54, 1.807) is 0 Å². The van der Waals surface area contributed by atoms with Crippen LogP contribution in [0.2, 0.25) is 0 Å². The zero-order valence-electron chi connectivity index (χ0n) is 3.02. The zero-order valence-corrected chi connectivity index (χ0v) is 5.30. The predicted molar refractivity (Wildman–Crippen MR) is 16.0 cm³/mol. The van der Waals surface area contributed by atoms with Crippen molar-refractivity contribution < 1.29 is 21.1 Å². The summed E-state index contributed by atoms with van der Waals surface area (Å²) in [6, 6.07) is 0. The van der Waals surface area contributed by atoms with E-state index in [2.05, 4.69) is 13.8 Å². The zero-order chi connectivity index (χ0) is 2.71. The Balaban J connectivity index is 0. The fourth-order valence-electron chi connectivity index (χ4n) is 0. The Morgan fingerprint density at radius 3 is 1.25 bits per heavy atom. The molecule has 0 aliphatic heterocycles. The minimum absolute atomic E-state index is 0. The van der Waals surface area contributed by atoms with Crippen molar-refractivity contribution in [1.29, 1.82) is 0 Å². The third kappa shape index (κ3) is 16.2. The van der Waals surface area contributed by atoms with Gasteiger partial charge in [-0.15, -0.1) is 0 Å². The molecule has 1 heteroatoms. The van der Waals surface area contributed by atoms with Gasteiger partial charge in [0.05, 0.1) is 0 Å². The Labute approximate surface area is 41.9 Å². The van der Waals surface area contributed by atoms with Crippen molar-refractivity contribution in [2.75, 3.05) is 0 Å². The summed E-state index contributed by atoms with van der Waals surface area (Å²) < 4.78 is 0. The van der Waals surface area contributed by atoms with Crippen LogP contribution in [0.5, 0.6) is 0 Å². The van der Waals surface area contributed by atoms with Crippen molar-refractivity contribution in [2.45, 2.75) is 20.3 Å². The van der Waals surface area contributed by atoms with E-state index >= 15 is 0 Å². The van der Waals surface area contributed by atoms with Crippen LogP contribution < -0.4 is 0 Å². The second kappa shape index (κ2) is 9.35. The van der Waals surface area contributed by atoms with E-state index in [1.807, 2.05) is 0 Å². The van der Waals surface area contributed by atoms with Crippen LogP contribution >= 0.6 is 0 Å². The van der Waals surface area contributed by atoms with Gasteiger partial charge in [0.25, 0.3) is 0 Å². The standard InChI is InChI=1S/C3H8.Pt/c1-3-2;/h3H2,1-2H3;. The van der Waals surface area contributed by atoms with Crippen LogP contribution in [0.3, 0.4) is 0 Å². The van der Waals surface area contributed by atoms with Gasteiger partial charge in [-0.1, -0.05) is 20.3 Å². The largest absolute Gasteiger partial charge is 0.0656 e. The molecule has 0 bridgehead atoms. The molecule has 0 atom stereocenters. The molecule has 4 heavy (non-hydrogen) atoms. The SMILES string of the molecule is CCC.[Pt]. The Hall–Kier alpha value is 0.688. The molecule has 0 nitrogen and oxygen atoms in total. The number of rotatable bonds is 0.